The summed E-state index contributed by atoms with van der Waals surface area (Å²) in [5.41, 5.74) is 1.82. The Morgan fingerprint density at radius 1 is 1.11 bits per heavy atom. The van der Waals surface area contributed by atoms with Crippen LogP contribution in [0.3, 0.4) is 0 Å². The van der Waals surface area contributed by atoms with Crippen LogP contribution in [0, 0.1) is 11.3 Å². The molecule has 0 aromatic heterocycles. The zero-order valence-corrected chi connectivity index (χ0v) is 10.5. The highest BCUT2D eigenvalue weighted by molar-refractivity contribution is 6.30. The van der Waals surface area contributed by atoms with Gasteiger partial charge in [-0.15, -0.1) is 0 Å². The number of benzene rings is 2. The first-order chi connectivity index (χ1) is 8.78. The Hall–Kier alpha value is -1.98. The van der Waals surface area contributed by atoms with Gasteiger partial charge in [-0.05, 0) is 35.9 Å². The molecule has 0 radical (unpaired) electrons. The van der Waals surface area contributed by atoms with Gasteiger partial charge < -0.3 is 4.74 Å². The second-order valence-electron chi connectivity index (χ2n) is 3.86. The summed E-state index contributed by atoms with van der Waals surface area (Å²) < 4.78 is 5.60. The topological polar surface area (TPSA) is 33.0 Å². The fraction of sp³-hybridized carbons (Fsp3) is 0.133. The summed E-state index contributed by atoms with van der Waals surface area (Å²) >= 11 is 5.86. The van der Waals surface area contributed by atoms with Crippen LogP contribution in [0.25, 0.3) is 0 Å². The molecule has 0 spiro atoms. The van der Waals surface area contributed by atoms with Crippen molar-refractivity contribution in [2.24, 2.45) is 0 Å². The molecule has 0 saturated heterocycles. The van der Waals surface area contributed by atoms with Crippen molar-refractivity contribution in [3.8, 4) is 11.8 Å². The first-order valence-electron chi connectivity index (χ1n) is 5.65. The van der Waals surface area contributed by atoms with E-state index in [1.54, 1.807) is 6.07 Å². The minimum atomic E-state index is 0.590. The quantitative estimate of drug-likeness (QED) is 0.834. The van der Waals surface area contributed by atoms with Crippen LogP contribution in [0.2, 0.25) is 5.02 Å². The third-order valence-corrected chi connectivity index (χ3v) is 2.77. The number of nitrogens with zero attached hydrogens (tertiary/aromatic N) is 1. The Kier molecular flexibility index (Phi) is 4.22. The van der Waals surface area contributed by atoms with Crippen LogP contribution < -0.4 is 4.74 Å². The summed E-state index contributed by atoms with van der Waals surface area (Å²) in [5, 5.41) is 9.36. The monoisotopic (exact) mass is 257 g/mol. The van der Waals surface area contributed by atoms with E-state index < -0.39 is 0 Å². The van der Waals surface area contributed by atoms with Gasteiger partial charge in [-0.25, -0.2) is 0 Å². The van der Waals surface area contributed by atoms with E-state index in [2.05, 4.69) is 6.07 Å². The maximum atomic E-state index is 8.69. The van der Waals surface area contributed by atoms with Crippen molar-refractivity contribution in [2.45, 2.75) is 6.42 Å². The van der Waals surface area contributed by atoms with E-state index in [1.165, 1.54) is 0 Å². The number of hydrogen-bond acceptors (Lipinski definition) is 2. The maximum Gasteiger partial charge on any atom is 0.120 e. The Morgan fingerprint density at radius 2 is 1.89 bits per heavy atom. The highest BCUT2D eigenvalue weighted by Gasteiger charge is 1.97. The molecule has 2 aromatic rings. The molecule has 2 rings (SSSR count). The van der Waals surface area contributed by atoms with Gasteiger partial charge in [0.2, 0.25) is 0 Å². The average Bonchev–Trinajstić information content (AvgIpc) is 2.40. The minimum Gasteiger partial charge on any atom is -0.493 e. The number of halogens is 1. The Labute approximate surface area is 111 Å². The molecule has 18 heavy (non-hydrogen) atoms. The maximum absolute atomic E-state index is 8.69. The molecule has 0 aliphatic carbocycles. The highest BCUT2D eigenvalue weighted by Crippen LogP contribution is 2.17. The van der Waals surface area contributed by atoms with Gasteiger partial charge in [0.05, 0.1) is 18.2 Å². The molecule has 0 bridgehead atoms. The van der Waals surface area contributed by atoms with Crippen molar-refractivity contribution in [2.75, 3.05) is 6.61 Å². The lowest BCUT2D eigenvalue weighted by Crippen LogP contribution is -2.01. The zero-order chi connectivity index (χ0) is 12.8. The summed E-state index contributed by atoms with van der Waals surface area (Å²) in [5.74, 6) is 0.774. The SMILES string of the molecule is N#Cc1ccc(CCOc2cccc(Cl)c2)cc1. The summed E-state index contributed by atoms with van der Waals surface area (Å²) in [6, 6.07) is 17.0. The molecule has 0 amide bonds. The lowest BCUT2D eigenvalue weighted by Gasteiger charge is -2.06. The largest absolute Gasteiger partial charge is 0.493 e. The molecule has 0 saturated carbocycles. The van der Waals surface area contributed by atoms with Gasteiger partial charge in [0.25, 0.3) is 0 Å². The van der Waals surface area contributed by atoms with Gasteiger partial charge in [-0.3, -0.25) is 0 Å². The summed E-state index contributed by atoms with van der Waals surface area (Å²) in [6.07, 6.45) is 0.804. The molecule has 0 atom stereocenters. The van der Waals surface area contributed by atoms with E-state index in [0.29, 0.717) is 17.2 Å². The molecule has 3 heteroatoms. The normalized spacial score (nSPS) is 9.78. The van der Waals surface area contributed by atoms with Gasteiger partial charge in [0, 0.05) is 11.4 Å². The average molecular weight is 258 g/mol. The lowest BCUT2D eigenvalue weighted by atomic mass is 10.1. The van der Waals surface area contributed by atoms with Crippen molar-refractivity contribution in [3.05, 3.63) is 64.7 Å². The van der Waals surface area contributed by atoms with Crippen molar-refractivity contribution in [3.63, 3.8) is 0 Å². The van der Waals surface area contributed by atoms with Crippen molar-refractivity contribution >= 4 is 11.6 Å². The second-order valence-corrected chi connectivity index (χ2v) is 4.30. The fourth-order valence-electron chi connectivity index (χ4n) is 1.59. The summed E-state index contributed by atoms with van der Waals surface area (Å²) in [4.78, 5) is 0. The second kappa shape index (κ2) is 6.09. The van der Waals surface area contributed by atoms with Gasteiger partial charge in [-0.1, -0.05) is 29.8 Å². The van der Waals surface area contributed by atoms with Crippen LogP contribution in [0.1, 0.15) is 11.1 Å². The van der Waals surface area contributed by atoms with E-state index in [0.717, 1.165) is 17.7 Å². The van der Waals surface area contributed by atoms with E-state index in [9.17, 15) is 0 Å². The van der Waals surface area contributed by atoms with Crippen LogP contribution in [-0.4, -0.2) is 6.61 Å². The number of rotatable bonds is 4. The van der Waals surface area contributed by atoms with Crippen LogP contribution >= 0.6 is 11.6 Å². The molecule has 0 fully saturated rings. The molecular weight excluding hydrogens is 246 g/mol. The smallest absolute Gasteiger partial charge is 0.120 e. The lowest BCUT2D eigenvalue weighted by molar-refractivity contribution is 0.322. The van der Waals surface area contributed by atoms with E-state index >= 15 is 0 Å². The fourth-order valence-corrected chi connectivity index (χ4v) is 1.77. The number of nitriles is 1. The van der Waals surface area contributed by atoms with E-state index in [-0.39, 0.29) is 0 Å². The van der Waals surface area contributed by atoms with Crippen molar-refractivity contribution < 1.29 is 4.74 Å². The van der Waals surface area contributed by atoms with Crippen LogP contribution in [-0.2, 0) is 6.42 Å². The molecule has 2 nitrogen and oxygen atoms in total. The van der Waals surface area contributed by atoms with Crippen LogP contribution in [0.4, 0.5) is 0 Å². The predicted molar refractivity (Wildman–Crippen MR) is 71.8 cm³/mol. The number of ether oxygens (including phenoxy) is 1. The van der Waals surface area contributed by atoms with Crippen molar-refractivity contribution in [1.82, 2.24) is 0 Å². The molecule has 0 aliphatic rings. The predicted octanol–water partition coefficient (Wildman–Crippen LogP) is 3.83. The van der Waals surface area contributed by atoms with Crippen LogP contribution in [0.15, 0.2) is 48.5 Å². The van der Waals surface area contributed by atoms with Gasteiger partial charge in [-0.2, -0.15) is 5.26 Å². The van der Waals surface area contributed by atoms with E-state index in [4.69, 9.17) is 21.6 Å². The minimum absolute atomic E-state index is 0.590. The Balaban J connectivity index is 1.86. The molecule has 90 valence electrons. The Bertz CT molecular complexity index is 557. The van der Waals surface area contributed by atoms with E-state index in [1.807, 2.05) is 42.5 Å². The van der Waals surface area contributed by atoms with Crippen molar-refractivity contribution in [1.29, 1.82) is 5.26 Å². The Morgan fingerprint density at radius 3 is 2.56 bits per heavy atom. The summed E-state index contributed by atoms with van der Waals surface area (Å²) in [6.45, 7) is 0.590. The van der Waals surface area contributed by atoms with Crippen LogP contribution in [0.5, 0.6) is 5.75 Å². The highest BCUT2D eigenvalue weighted by atomic mass is 35.5. The molecule has 0 N–H and O–H groups in total. The number of hydrogen-bond donors (Lipinski definition) is 0. The molecule has 0 aliphatic heterocycles. The first kappa shape index (κ1) is 12.5. The zero-order valence-electron chi connectivity index (χ0n) is 9.77. The van der Waals surface area contributed by atoms with Gasteiger partial charge in [0.15, 0.2) is 0 Å². The summed E-state index contributed by atoms with van der Waals surface area (Å²) in [7, 11) is 0. The third kappa shape index (κ3) is 3.51. The standard InChI is InChI=1S/C15H12ClNO/c16-14-2-1-3-15(10-14)18-9-8-12-4-6-13(11-17)7-5-12/h1-7,10H,8-9H2. The first-order valence-corrected chi connectivity index (χ1v) is 6.03. The molecule has 0 unspecified atom stereocenters. The molecule has 2 aromatic carbocycles. The molecule has 0 heterocycles. The third-order valence-electron chi connectivity index (χ3n) is 2.54. The van der Waals surface area contributed by atoms with Gasteiger partial charge in [0.1, 0.15) is 5.75 Å². The molecular formula is C15H12ClNO. The van der Waals surface area contributed by atoms with Gasteiger partial charge >= 0.3 is 0 Å².